The van der Waals surface area contributed by atoms with Gasteiger partial charge in [0.25, 0.3) is 0 Å². The Morgan fingerprint density at radius 1 is 0.772 bits per heavy atom. The van der Waals surface area contributed by atoms with Crippen molar-refractivity contribution in [2.45, 2.75) is 81.8 Å². The Kier molecular flexibility index (Phi) is 17.7. The normalized spacial score (nSPS) is 17.9. The molecule has 1 fully saturated rings. The summed E-state index contributed by atoms with van der Waals surface area (Å²) in [7, 11) is 0. The van der Waals surface area contributed by atoms with Crippen LogP contribution in [0.4, 0.5) is 14.5 Å². The van der Waals surface area contributed by atoms with E-state index >= 15 is 0 Å². The Hall–Kier alpha value is -4.64. The highest BCUT2D eigenvalue weighted by atomic mass is 19.1. The fraction of sp³-hybridized carbons (Fsp3) is 0.395. The topological polar surface area (TPSA) is 208 Å². The number of amides is 1. The summed E-state index contributed by atoms with van der Waals surface area (Å²) in [6.45, 7) is 0.714. The van der Waals surface area contributed by atoms with Crippen molar-refractivity contribution in [3.05, 3.63) is 137 Å². The summed E-state index contributed by atoms with van der Waals surface area (Å²) in [6.07, 6.45) is -4.95. The van der Waals surface area contributed by atoms with E-state index < -0.39 is 43.1 Å². The van der Waals surface area contributed by atoms with Crippen molar-refractivity contribution in [3.8, 4) is 0 Å². The lowest BCUT2D eigenvalue weighted by Crippen LogP contribution is -2.55. The van der Waals surface area contributed by atoms with Crippen LogP contribution in [-0.2, 0) is 22.7 Å². The number of rotatable bonds is 20. The van der Waals surface area contributed by atoms with Crippen molar-refractivity contribution < 1.29 is 54.1 Å². The summed E-state index contributed by atoms with van der Waals surface area (Å²) in [6, 6.07) is 28.6. The molecule has 1 amide bonds. The molecular weight excluding hydrogens is 740 g/mol. The zero-order chi connectivity index (χ0) is 41.5. The molecule has 7 unspecified atom stereocenters. The summed E-state index contributed by atoms with van der Waals surface area (Å²) < 4.78 is 26.5. The molecule has 0 aliphatic carbocycles. The van der Waals surface area contributed by atoms with Crippen LogP contribution in [0.3, 0.4) is 0 Å². The van der Waals surface area contributed by atoms with Crippen LogP contribution in [0.15, 0.2) is 103 Å². The van der Waals surface area contributed by atoms with Gasteiger partial charge in [0, 0.05) is 31.7 Å². The number of carboxylic acid groups (broad SMARTS) is 1. The maximum absolute atomic E-state index is 13.4. The molecule has 4 aromatic carbocycles. The first-order chi connectivity index (χ1) is 27.3. The van der Waals surface area contributed by atoms with Gasteiger partial charge in [-0.3, -0.25) is 14.5 Å². The van der Waals surface area contributed by atoms with E-state index in [1.807, 2.05) is 59.5 Å². The number of aliphatic hydroxyl groups excluding tert-OH is 6. The third kappa shape index (κ3) is 13.2. The number of benzene rings is 4. The number of hydrogen-bond acceptors (Lipinski definition) is 10. The van der Waals surface area contributed by atoms with Crippen LogP contribution in [0.1, 0.15) is 66.5 Å². The van der Waals surface area contributed by atoms with E-state index in [9.17, 15) is 43.9 Å². The van der Waals surface area contributed by atoms with Gasteiger partial charge in [0.15, 0.2) is 0 Å². The number of nitrogens with two attached hydrogens (primary N) is 1. The Balaban J connectivity index is 0.000000258. The predicted molar refractivity (Wildman–Crippen MR) is 209 cm³/mol. The molecule has 5 rings (SSSR count). The van der Waals surface area contributed by atoms with E-state index in [1.165, 1.54) is 24.3 Å². The van der Waals surface area contributed by atoms with Crippen LogP contribution in [0.2, 0.25) is 0 Å². The number of carboxylic acids is 1. The van der Waals surface area contributed by atoms with Gasteiger partial charge in [-0.2, -0.15) is 0 Å². The molecule has 0 saturated carbocycles. The first kappa shape index (κ1) is 45.1. The van der Waals surface area contributed by atoms with Gasteiger partial charge in [0.1, 0.15) is 29.9 Å². The standard InChI is InChI=1S/C25H24F2N2O2.C18H29NO7/c26-19-7-5-17(6-8-19)23(30)14-13-22-24(18-3-1-16(15-28)2-4-18)29(25(22)31)21-11-9-20(27)10-12-21;20-12-15(22)18(26)17(25)14(21)11-19(9-5-4-8-16(23)24)10-13-6-2-1-3-7-13/h1-12,22-24,30H,13-15,28H2;1-3,6-7,14-15,17-18,20-22,25-26H,4-5,8-12H2,(H,23,24). The maximum Gasteiger partial charge on any atom is 0.303 e. The number of anilines is 1. The lowest BCUT2D eigenvalue weighted by atomic mass is 9.78. The van der Waals surface area contributed by atoms with E-state index in [-0.39, 0.29) is 42.5 Å². The maximum atomic E-state index is 13.4. The molecule has 0 bridgehead atoms. The Morgan fingerprint density at radius 3 is 1.95 bits per heavy atom. The molecule has 0 aromatic heterocycles. The lowest BCUT2D eigenvalue weighted by Gasteiger charge is -2.48. The first-order valence-electron chi connectivity index (χ1n) is 18.9. The van der Waals surface area contributed by atoms with Crippen molar-refractivity contribution in [1.82, 2.24) is 4.90 Å². The van der Waals surface area contributed by atoms with Gasteiger partial charge in [0.2, 0.25) is 5.91 Å². The second-order valence-corrected chi connectivity index (χ2v) is 14.2. The van der Waals surface area contributed by atoms with E-state index in [2.05, 4.69) is 0 Å². The van der Waals surface area contributed by atoms with Crippen molar-refractivity contribution in [1.29, 1.82) is 0 Å². The van der Waals surface area contributed by atoms with E-state index in [1.54, 1.807) is 29.2 Å². The van der Waals surface area contributed by atoms with Gasteiger partial charge in [-0.15, -0.1) is 0 Å². The lowest BCUT2D eigenvalue weighted by molar-refractivity contribution is -0.137. The fourth-order valence-corrected chi connectivity index (χ4v) is 6.76. The zero-order valence-electron chi connectivity index (χ0n) is 31.6. The zero-order valence-corrected chi connectivity index (χ0v) is 31.6. The van der Waals surface area contributed by atoms with Gasteiger partial charge in [-0.25, -0.2) is 8.78 Å². The van der Waals surface area contributed by atoms with Crippen LogP contribution in [0.5, 0.6) is 0 Å². The average molecular weight is 794 g/mol. The summed E-state index contributed by atoms with van der Waals surface area (Å²) in [5, 5.41) is 67.3. The number of nitrogens with zero attached hydrogens (tertiary/aromatic N) is 2. The molecule has 9 N–H and O–H groups in total. The van der Waals surface area contributed by atoms with E-state index in [4.69, 9.17) is 15.9 Å². The number of β-lactam (4-membered cyclic amide) rings is 1. The van der Waals surface area contributed by atoms with Gasteiger partial charge < -0.3 is 46.4 Å². The average Bonchev–Trinajstić information content (AvgIpc) is 3.22. The third-order valence-electron chi connectivity index (χ3n) is 10.0. The van der Waals surface area contributed by atoms with Crippen LogP contribution < -0.4 is 10.6 Å². The summed E-state index contributed by atoms with van der Waals surface area (Å²) >= 11 is 0. The number of hydrogen-bond donors (Lipinski definition) is 8. The molecule has 308 valence electrons. The minimum absolute atomic E-state index is 0.0261. The Morgan fingerprint density at radius 2 is 1.37 bits per heavy atom. The molecule has 1 saturated heterocycles. The van der Waals surface area contributed by atoms with Crippen molar-refractivity contribution in [2.75, 3.05) is 24.6 Å². The van der Waals surface area contributed by atoms with Crippen LogP contribution in [-0.4, -0.2) is 96.6 Å². The van der Waals surface area contributed by atoms with Crippen LogP contribution in [0.25, 0.3) is 0 Å². The summed E-state index contributed by atoms with van der Waals surface area (Å²) in [5.74, 6) is -1.97. The van der Waals surface area contributed by atoms with Crippen molar-refractivity contribution >= 4 is 17.6 Å². The molecule has 1 aliphatic heterocycles. The molecule has 14 heteroatoms. The Labute approximate surface area is 331 Å². The second-order valence-electron chi connectivity index (χ2n) is 14.2. The quantitative estimate of drug-likeness (QED) is 0.0477. The SMILES string of the molecule is NCc1ccc(C2C(CCC(O)c3ccc(F)cc3)C(=O)N2c2ccc(F)cc2)cc1.O=C(O)CCCCN(Cc1ccccc1)CC(O)C(O)C(O)C(O)CO. The number of carbonyl (C=O) groups excluding carboxylic acids is 1. The smallest absolute Gasteiger partial charge is 0.303 e. The number of carbonyl (C=O) groups is 2. The highest BCUT2D eigenvalue weighted by molar-refractivity contribution is 6.03. The predicted octanol–water partition coefficient (Wildman–Crippen LogP) is 3.82. The van der Waals surface area contributed by atoms with Crippen molar-refractivity contribution in [2.24, 2.45) is 11.7 Å². The van der Waals surface area contributed by atoms with E-state index in [0.717, 1.165) is 16.7 Å². The van der Waals surface area contributed by atoms with Crippen LogP contribution >= 0.6 is 0 Å². The van der Waals surface area contributed by atoms with Gasteiger partial charge in [-0.1, -0.05) is 66.7 Å². The highest BCUT2D eigenvalue weighted by Crippen LogP contribution is 2.46. The third-order valence-corrected chi connectivity index (χ3v) is 10.0. The van der Waals surface area contributed by atoms with Gasteiger partial charge >= 0.3 is 5.97 Å². The molecule has 0 spiro atoms. The molecule has 4 aromatic rings. The summed E-state index contributed by atoms with van der Waals surface area (Å²) in [4.78, 5) is 27.2. The largest absolute Gasteiger partial charge is 0.481 e. The molecule has 1 heterocycles. The molecule has 0 radical (unpaired) electrons. The monoisotopic (exact) mass is 793 g/mol. The number of aliphatic hydroxyl groups is 6. The number of halogens is 2. The number of aliphatic carboxylic acids is 1. The number of unbranched alkanes of at least 4 members (excludes halogenated alkanes) is 1. The first-order valence-corrected chi connectivity index (χ1v) is 18.9. The molecule has 7 atom stereocenters. The van der Waals surface area contributed by atoms with Crippen LogP contribution in [0, 0.1) is 17.6 Å². The Bertz CT molecular complexity index is 1800. The molecule has 1 aliphatic rings. The molecular formula is C43H53F2N3O9. The minimum atomic E-state index is -1.67. The second kappa shape index (κ2) is 22.3. The van der Waals surface area contributed by atoms with Gasteiger partial charge in [-0.05, 0) is 90.9 Å². The summed E-state index contributed by atoms with van der Waals surface area (Å²) in [5.41, 5.74) is 9.89. The fourth-order valence-electron chi connectivity index (χ4n) is 6.76. The highest BCUT2D eigenvalue weighted by Gasteiger charge is 2.48. The molecule has 12 nitrogen and oxygen atoms in total. The van der Waals surface area contributed by atoms with E-state index in [0.29, 0.717) is 56.6 Å². The van der Waals surface area contributed by atoms with Gasteiger partial charge in [0.05, 0.1) is 30.8 Å². The minimum Gasteiger partial charge on any atom is -0.481 e. The molecule has 57 heavy (non-hydrogen) atoms. The van der Waals surface area contributed by atoms with Crippen molar-refractivity contribution in [3.63, 3.8) is 0 Å².